The predicted octanol–water partition coefficient (Wildman–Crippen LogP) is 3.55. The zero-order valence-corrected chi connectivity index (χ0v) is 11.2. The van der Waals surface area contributed by atoms with Crippen molar-refractivity contribution in [3.8, 4) is 17.0 Å². The highest BCUT2D eigenvalue weighted by molar-refractivity contribution is 5.90. The molecule has 0 fully saturated rings. The van der Waals surface area contributed by atoms with Crippen molar-refractivity contribution in [2.45, 2.75) is 20.0 Å². The first kappa shape index (κ1) is 12.6. The van der Waals surface area contributed by atoms with Crippen LogP contribution in [0.5, 0.6) is 5.75 Å². The van der Waals surface area contributed by atoms with Crippen molar-refractivity contribution < 1.29 is 9.13 Å². The van der Waals surface area contributed by atoms with Gasteiger partial charge in [-0.1, -0.05) is 0 Å². The minimum atomic E-state index is -0.357. The Morgan fingerprint density at radius 3 is 2.80 bits per heavy atom. The van der Waals surface area contributed by atoms with E-state index in [1.165, 1.54) is 12.4 Å². The lowest BCUT2D eigenvalue weighted by Gasteiger charge is -2.11. The smallest absolute Gasteiger partial charge is 0.141 e. The van der Waals surface area contributed by atoms with Gasteiger partial charge in [-0.2, -0.15) is 0 Å². The van der Waals surface area contributed by atoms with Gasteiger partial charge in [0.25, 0.3) is 0 Å². The van der Waals surface area contributed by atoms with Crippen LogP contribution in [0.15, 0.2) is 36.8 Å². The molecule has 0 saturated heterocycles. The maximum absolute atomic E-state index is 14.3. The minimum absolute atomic E-state index is 0.00989. The van der Waals surface area contributed by atoms with Crippen molar-refractivity contribution in [2.24, 2.45) is 0 Å². The molecule has 0 spiro atoms. The molecule has 102 valence electrons. The molecule has 0 aliphatic rings. The number of hydrogen-bond acceptors (Lipinski definition) is 3. The normalized spacial score (nSPS) is 11.2. The fraction of sp³-hybridized carbons (Fsp3) is 0.200. The number of aromatic amines is 1. The molecule has 0 saturated carbocycles. The molecule has 0 radical (unpaired) electrons. The van der Waals surface area contributed by atoms with Gasteiger partial charge in [0.15, 0.2) is 0 Å². The van der Waals surface area contributed by atoms with Crippen molar-refractivity contribution in [2.75, 3.05) is 0 Å². The van der Waals surface area contributed by atoms with Gasteiger partial charge in [0.05, 0.1) is 11.8 Å². The second-order valence-corrected chi connectivity index (χ2v) is 4.77. The summed E-state index contributed by atoms with van der Waals surface area (Å²) in [5.41, 5.74) is 1.70. The van der Waals surface area contributed by atoms with Gasteiger partial charge in [0, 0.05) is 23.2 Å². The van der Waals surface area contributed by atoms with E-state index in [1.807, 2.05) is 19.9 Å². The van der Waals surface area contributed by atoms with E-state index in [1.54, 1.807) is 18.3 Å². The Hall–Kier alpha value is -2.43. The number of halogens is 1. The number of rotatable bonds is 3. The third-order valence-electron chi connectivity index (χ3n) is 2.92. The third-order valence-corrected chi connectivity index (χ3v) is 2.92. The van der Waals surface area contributed by atoms with Crippen LogP contribution in [0.25, 0.3) is 22.3 Å². The summed E-state index contributed by atoms with van der Waals surface area (Å²) in [6.45, 7) is 3.80. The molecule has 0 aliphatic carbocycles. The van der Waals surface area contributed by atoms with Crippen LogP contribution < -0.4 is 4.74 Å². The molecule has 2 aromatic heterocycles. The fourth-order valence-electron chi connectivity index (χ4n) is 2.12. The summed E-state index contributed by atoms with van der Waals surface area (Å²) in [6, 6.07) is 6.65. The van der Waals surface area contributed by atoms with Gasteiger partial charge in [0.2, 0.25) is 0 Å². The Balaban J connectivity index is 2.08. The number of nitrogens with zero attached hydrogens (tertiary/aromatic N) is 2. The maximum Gasteiger partial charge on any atom is 0.141 e. The summed E-state index contributed by atoms with van der Waals surface area (Å²) in [6.07, 6.45) is 3.19. The number of ether oxygens (including phenoxy) is 1. The Labute approximate surface area is 115 Å². The summed E-state index contributed by atoms with van der Waals surface area (Å²) in [5.74, 6) is 0.157. The summed E-state index contributed by atoms with van der Waals surface area (Å²) in [4.78, 5) is 11.3. The molecule has 20 heavy (non-hydrogen) atoms. The number of fused-ring (bicyclic) bond motifs is 1. The summed E-state index contributed by atoms with van der Waals surface area (Å²) >= 11 is 0. The quantitative estimate of drug-likeness (QED) is 0.792. The summed E-state index contributed by atoms with van der Waals surface area (Å²) in [5, 5.41) is 0.795. The van der Waals surface area contributed by atoms with Gasteiger partial charge < -0.3 is 9.72 Å². The van der Waals surface area contributed by atoms with Crippen LogP contribution in [0.3, 0.4) is 0 Å². The molecule has 1 aromatic carbocycles. The molecule has 2 heterocycles. The van der Waals surface area contributed by atoms with Crippen LogP contribution in [0.4, 0.5) is 4.39 Å². The second-order valence-electron chi connectivity index (χ2n) is 4.77. The largest absolute Gasteiger partial charge is 0.491 e. The predicted molar refractivity (Wildman–Crippen MR) is 75.0 cm³/mol. The van der Waals surface area contributed by atoms with E-state index in [-0.39, 0.29) is 11.9 Å². The molecule has 3 aromatic rings. The average molecular weight is 271 g/mol. The van der Waals surface area contributed by atoms with Crippen LogP contribution in [0.2, 0.25) is 0 Å². The average Bonchev–Trinajstić information content (AvgIpc) is 2.86. The highest BCUT2D eigenvalue weighted by Gasteiger charge is 2.12. The minimum Gasteiger partial charge on any atom is -0.491 e. The summed E-state index contributed by atoms with van der Waals surface area (Å²) < 4.78 is 19.7. The van der Waals surface area contributed by atoms with E-state index in [2.05, 4.69) is 15.0 Å². The second kappa shape index (κ2) is 4.92. The van der Waals surface area contributed by atoms with E-state index in [4.69, 9.17) is 4.74 Å². The van der Waals surface area contributed by atoms with Gasteiger partial charge >= 0.3 is 0 Å². The van der Waals surface area contributed by atoms with Gasteiger partial charge in [-0.25, -0.2) is 14.4 Å². The Morgan fingerprint density at radius 1 is 1.20 bits per heavy atom. The van der Waals surface area contributed by atoms with Crippen molar-refractivity contribution in [3.05, 3.63) is 42.6 Å². The van der Waals surface area contributed by atoms with Crippen molar-refractivity contribution in [3.63, 3.8) is 0 Å². The fourth-order valence-corrected chi connectivity index (χ4v) is 2.12. The highest BCUT2D eigenvalue weighted by atomic mass is 19.1. The van der Waals surface area contributed by atoms with Crippen molar-refractivity contribution in [1.82, 2.24) is 15.0 Å². The lowest BCUT2D eigenvalue weighted by atomic mass is 10.1. The number of hydrogen-bond donors (Lipinski definition) is 1. The van der Waals surface area contributed by atoms with Gasteiger partial charge in [-0.15, -0.1) is 0 Å². The van der Waals surface area contributed by atoms with Crippen LogP contribution in [0.1, 0.15) is 13.8 Å². The molecule has 4 nitrogen and oxygen atoms in total. The zero-order valence-electron chi connectivity index (χ0n) is 11.2. The summed E-state index contributed by atoms with van der Waals surface area (Å²) in [7, 11) is 0. The molecule has 0 unspecified atom stereocenters. The lowest BCUT2D eigenvalue weighted by molar-refractivity contribution is 0.241. The number of H-pyrrole nitrogens is 1. The van der Waals surface area contributed by atoms with Gasteiger partial charge in [-0.05, 0) is 32.0 Å². The molecular formula is C15H14FN3O. The number of benzene rings is 1. The first-order chi connectivity index (χ1) is 9.65. The highest BCUT2D eigenvalue weighted by Crippen LogP contribution is 2.29. The SMILES string of the molecule is CC(C)Oc1ccc(-c2ncnc3[nH]ccc23)c(F)c1. The monoisotopic (exact) mass is 271 g/mol. The first-order valence-electron chi connectivity index (χ1n) is 6.40. The van der Waals surface area contributed by atoms with Crippen LogP contribution in [-0.2, 0) is 0 Å². The van der Waals surface area contributed by atoms with E-state index >= 15 is 0 Å². The molecule has 3 rings (SSSR count). The maximum atomic E-state index is 14.3. The molecule has 0 bridgehead atoms. The van der Waals surface area contributed by atoms with E-state index in [9.17, 15) is 4.39 Å². The standard InChI is InChI=1S/C15H14FN3O/c1-9(2)20-10-3-4-11(13(16)7-10)14-12-5-6-17-15(12)19-8-18-14/h3-9H,1-2H3,(H,17,18,19). The number of nitrogens with one attached hydrogen (secondary N) is 1. The molecule has 5 heteroatoms. The zero-order chi connectivity index (χ0) is 14.1. The van der Waals surface area contributed by atoms with Crippen molar-refractivity contribution >= 4 is 11.0 Å². The van der Waals surface area contributed by atoms with E-state index < -0.39 is 0 Å². The molecule has 0 atom stereocenters. The van der Waals surface area contributed by atoms with E-state index in [0.29, 0.717) is 22.7 Å². The molecular weight excluding hydrogens is 257 g/mol. The van der Waals surface area contributed by atoms with Crippen molar-refractivity contribution in [1.29, 1.82) is 0 Å². The Kier molecular flexibility index (Phi) is 3.10. The topological polar surface area (TPSA) is 50.8 Å². The molecule has 1 N–H and O–H groups in total. The lowest BCUT2D eigenvalue weighted by Crippen LogP contribution is -2.05. The van der Waals surface area contributed by atoms with Crippen LogP contribution in [0, 0.1) is 5.82 Å². The Morgan fingerprint density at radius 2 is 2.05 bits per heavy atom. The van der Waals surface area contributed by atoms with Crippen LogP contribution in [-0.4, -0.2) is 21.1 Å². The molecule has 0 aliphatic heterocycles. The van der Waals surface area contributed by atoms with E-state index in [0.717, 1.165) is 5.39 Å². The number of aromatic nitrogens is 3. The van der Waals surface area contributed by atoms with Gasteiger partial charge in [0.1, 0.15) is 23.5 Å². The molecule has 0 amide bonds. The van der Waals surface area contributed by atoms with Gasteiger partial charge in [-0.3, -0.25) is 0 Å². The van der Waals surface area contributed by atoms with Crippen LogP contribution >= 0.6 is 0 Å². The Bertz CT molecular complexity index is 752. The first-order valence-corrected chi connectivity index (χ1v) is 6.40. The third kappa shape index (κ3) is 2.22.